The molecule has 25 heavy (non-hydrogen) atoms. The first kappa shape index (κ1) is 17.2. The van der Waals surface area contributed by atoms with Crippen LogP contribution in [0.3, 0.4) is 0 Å². The quantitative estimate of drug-likeness (QED) is 0.579. The molecule has 0 spiro atoms. The number of rotatable bonds is 4. The number of hydrogen-bond acceptors (Lipinski definition) is 4. The van der Waals surface area contributed by atoms with Crippen molar-refractivity contribution in [3.63, 3.8) is 0 Å². The SMILES string of the molecule is C=CCOC(=O)C1C(c2ccc(F)cc2)c2c([nH][nH]c2=O)CC1(C)O. The minimum Gasteiger partial charge on any atom is -0.461 e. The van der Waals surface area contributed by atoms with Gasteiger partial charge in [-0.1, -0.05) is 24.8 Å². The number of halogens is 1. The topological polar surface area (TPSA) is 95.2 Å². The zero-order valence-corrected chi connectivity index (χ0v) is 13.7. The number of benzene rings is 1. The zero-order valence-electron chi connectivity index (χ0n) is 13.7. The van der Waals surface area contributed by atoms with Gasteiger partial charge in [-0.15, -0.1) is 0 Å². The summed E-state index contributed by atoms with van der Waals surface area (Å²) in [7, 11) is 0. The van der Waals surface area contributed by atoms with Crippen molar-refractivity contribution in [2.45, 2.75) is 24.9 Å². The van der Waals surface area contributed by atoms with Crippen molar-refractivity contribution in [2.75, 3.05) is 6.61 Å². The van der Waals surface area contributed by atoms with Gasteiger partial charge < -0.3 is 14.9 Å². The number of ether oxygens (including phenoxy) is 1. The lowest BCUT2D eigenvalue weighted by atomic mass is 9.66. The maximum Gasteiger partial charge on any atom is 0.313 e. The molecule has 3 N–H and O–H groups in total. The van der Waals surface area contributed by atoms with Gasteiger partial charge in [0.05, 0.1) is 11.5 Å². The molecule has 3 atom stereocenters. The number of fused-ring (bicyclic) bond motifs is 1. The van der Waals surface area contributed by atoms with Crippen molar-refractivity contribution >= 4 is 5.97 Å². The van der Waals surface area contributed by atoms with Crippen molar-refractivity contribution < 1.29 is 19.0 Å². The third-order valence-electron chi connectivity index (χ3n) is 4.57. The lowest BCUT2D eigenvalue weighted by Gasteiger charge is -2.40. The fraction of sp³-hybridized carbons (Fsp3) is 0.333. The summed E-state index contributed by atoms with van der Waals surface area (Å²) in [6.45, 7) is 5.02. The predicted molar refractivity (Wildman–Crippen MR) is 88.6 cm³/mol. The highest BCUT2D eigenvalue weighted by atomic mass is 19.1. The maximum absolute atomic E-state index is 13.3. The number of carbonyl (C=O) groups is 1. The summed E-state index contributed by atoms with van der Waals surface area (Å²) < 4.78 is 18.5. The Morgan fingerprint density at radius 2 is 2.12 bits per heavy atom. The normalized spacial score (nSPS) is 25.2. The van der Waals surface area contributed by atoms with E-state index >= 15 is 0 Å². The first-order chi connectivity index (χ1) is 11.8. The van der Waals surface area contributed by atoms with Gasteiger partial charge in [-0.2, -0.15) is 0 Å². The number of nitrogens with one attached hydrogen (secondary N) is 2. The van der Waals surface area contributed by atoms with E-state index in [4.69, 9.17) is 4.74 Å². The Kier molecular flexibility index (Phi) is 4.34. The van der Waals surface area contributed by atoms with Crippen molar-refractivity contribution in [2.24, 2.45) is 5.92 Å². The van der Waals surface area contributed by atoms with Crippen LogP contribution in [0, 0.1) is 11.7 Å². The molecule has 6 nitrogen and oxygen atoms in total. The molecule has 7 heteroatoms. The van der Waals surface area contributed by atoms with Crippen molar-refractivity contribution in [3.05, 3.63) is 69.9 Å². The molecule has 1 heterocycles. The Hall–Kier alpha value is -2.67. The van der Waals surface area contributed by atoms with Crippen LogP contribution in [0.2, 0.25) is 0 Å². The van der Waals surface area contributed by atoms with E-state index in [2.05, 4.69) is 16.8 Å². The van der Waals surface area contributed by atoms with E-state index in [1.165, 1.54) is 37.3 Å². The van der Waals surface area contributed by atoms with E-state index in [1.54, 1.807) is 0 Å². The number of hydrogen-bond donors (Lipinski definition) is 3. The van der Waals surface area contributed by atoms with Crippen molar-refractivity contribution in [1.29, 1.82) is 0 Å². The molecule has 2 aromatic rings. The molecule has 1 aromatic heterocycles. The summed E-state index contributed by atoms with van der Waals surface area (Å²) in [4.78, 5) is 24.9. The molecule has 0 bridgehead atoms. The molecule has 0 aliphatic heterocycles. The Morgan fingerprint density at radius 1 is 1.44 bits per heavy atom. The van der Waals surface area contributed by atoms with Crippen molar-refractivity contribution in [1.82, 2.24) is 10.2 Å². The first-order valence-electron chi connectivity index (χ1n) is 7.90. The van der Waals surface area contributed by atoms with Crippen LogP contribution in [0.4, 0.5) is 4.39 Å². The smallest absolute Gasteiger partial charge is 0.313 e. The van der Waals surface area contributed by atoms with Gasteiger partial charge >= 0.3 is 5.97 Å². The van der Waals surface area contributed by atoms with Gasteiger partial charge in [-0.25, -0.2) is 4.39 Å². The van der Waals surface area contributed by atoms with Crippen LogP contribution >= 0.6 is 0 Å². The van der Waals surface area contributed by atoms with Crippen LogP contribution in [0.25, 0.3) is 0 Å². The highest BCUT2D eigenvalue weighted by Crippen LogP contribution is 2.44. The second-order valence-electron chi connectivity index (χ2n) is 6.43. The largest absolute Gasteiger partial charge is 0.461 e. The summed E-state index contributed by atoms with van der Waals surface area (Å²) in [6, 6.07) is 5.52. The lowest BCUT2D eigenvalue weighted by Crippen LogP contribution is -2.50. The molecule has 1 aliphatic rings. The third-order valence-corrected chi connectivity index (χ3v) is 4.57. The second kappa shape index (κ2) is 6.33. The standard InChI is InChI=1S/C18H19FN2O4/c1-3-8-25-17(23)15-13(10-4-6-11(19)7-5-10)14-12(9-18(15,2)24)20-21-16(14)22/h3-7,13,15,24H,1,8-9H2,2H3,(H2,20,21,22). The minimum absolute atomic E-state index is 0.00208. The van der Waals surface area contributed by atoms with E-state index < -0.39 is 29.2 Å². The molecule has 0 fully saturated rings. The van der Waals surface area contributed by atoms with Crippen LogP contribution in [0.5, 0.6) is 0 Å². The zero-order chi connectivity index (χ0) is 18.2. The summed E-state index contributed by atoms with van der Waals surface area (Å²) in [5, 5.41) is 16.2. The average molecular weight is 346 g/mol. The van der Waals surface area contributed by atoms with Gasteiger partial charge in [0.25, 0.3) is 5.56 Å². The summed E-state index contributed by atoms with van der Waals surface area (Å²) in [5.41, 5.74) is -0.388. The van der Waals surface area contributed by atoms with E-state index in [0.717, 1.165) is 0 Å². The summed E-state index contributed by atoms with van der Waals surface area (Å²) >= 11 is 0. The molecule has 1 aromatic carbocycles. The second-order valence-corrected chi connectivity index (χ2v) is 6.43. The molecular weight excluding hydrogens is 327 g/mol. The van der Waals surface area contributed by atoms with E-state index in [0.29, 0.717) is 16.8 Å². The van der Waals surface area contributed by atoms with Gasteiger partial charge in [-0.05, 0) is 24.6 Å². The number of aromatic nitrogens is 2. The fourth-order valence-corrected chi connectivity index (χ4v) is 3.52. The summed E-state index contributed by atoms with van der Waals surface area (Å²) in [6.07, 6.45) is 1.52. The highest BCUT2D eigenvalue weighted by molar-refractivity contribution is 5.77. The monoisotopic (exact) mass is 346 g/mol. The van der Waals surface area contributed by atoms with Crippen LogP contribution < -0.4 is 5.56 Å². The molecule has 0 radical (unpaired) electrons. The number of carbonyl (C=O) groups excluding carboxylic acids is 1. The van der Waals surface area contributed by atoms with Gasteiger partial charge in [-0.3, -0.25) is 14.7 Å². The Morgan fingerprint density at radius 3 is 2.76 bits per heavy atom. The number of esters is 1. The fourth-order valence-electron chi connectivity index (χ4n) is 3.52. The van der Waals surface area contributed by atoms with Crippen molar-refractivity contribution in [3.8, 4) is 0 Å². The minimum atomic E-state index is -1.45. The summed E-state index contributed by atoms with van der Waals surface area (Å²) in [5.74, 6) is -2.83. The van der Waals surface area contributed by atoms with Crippen LogP contribution in [0.1, 0.15) is 29.7 Å². The van der Waals surface area contributed by atoms with Crippen LogP contribution in [0.15, 0.2) is 41.7 Å². The average Bonchev–Trinajstić information content (AvgIpc) is 2.91. The van der Waals surface area contributed by atoms with E-state index in [1.807, 2.05) is 0 Å². The lowest BCUT2D eigenvalue weighted by molar-refractivity contribution is -0.158. The van der Waals surface area contributed by atoms with Crippen LogP contribution in [-0.2, 0) is 16.0 Å². The van der Waals surface area contributed by atoms with E-state index in [-0.39, 0.29) is 18.6 Å². The van der Waals surface area contributed by atoms with Gasteiger partial charge in [0.1, 0.15) is 12.4 Å². The molecule has 3 rings (SSSR count). The molecule has 0 saturated carbocycles. The first-order valence-corrected chi connectivity index (χ1v) is 7.90. The van der Waals surface area contributed by atoms with E-state index in [9.17, 15) is 19.1 Å². The number of aliphatic hydroxyl groups is 1. The number of aromatic amines is 2. The highest BCUT2D eigenvalue weighted by Gasteiger charge is 2.51. The Labute approximate surface area is 143 Å². The van der Waals surface area contributed by atoms with Gasteiger partial charge in [0.15, 0.2) is 0 Å². The maximum atomic E-state index is 13.3. The predicted octanol–water partition coefficient (Wildman–Crippen LogP) is 1.63. The van der Waals surface area contributed by atoms with Gasteiger partial charge in [0.2, 0.25) is 0 Å². The molecule has 132 valence electrons. The molecule has 0 amide bonds. The molecule has 3 unspecified atom stereocenters. The third kappa shape index (κ3) is 3.02. The van der Waals surface area contributed by atoms with Crippen LogP contribution in [-0.4, -0.2) is 33.5 Å². The Balaban J connectivity index is 2.16. The molecule has 1 aliphatic carbocycles. The Bertz CT molecular complexity index is 851. The molecule has 0 saturated heterocycles. The molecular formula is C18H19FN2O4. The van der Waals surface area contributed by atoms with Gasteiger partial charge in [0, 0.05) is 23.6 Å². The number of H-pyrrole nitrogens is 2.